The molecule has 1 aromatic heterocycles. The summed E-state index contributed by atoms with van der Waals surface area (Å²) in [5, 5.41) is 0. The van der Waals surface area contributed by atoms with E-state index >= 15 is 0 Å². The van der Waals surface area contributed by atoms with Gasteiger partial charge in [0, 0.05) is 56.2 Å². The van der Waals surface area contributed by atoms with Gasteiger partial charge in [-0.25, -0.2) is 4.79 Å². The molecule has 3 rings (SSSR count). The minimum atomic E-state index is -0.330. The first-order valence-electron chi connectivity index (χ1n) is 10.0. The Morgan fingerprint density at radius 2 is 1.66 bits per heavy atom. The average Bonchev–Trinajstić information content (AvgIpc) is 2.74. The molecule has 0 atom stereocenters. The van der Waals surface area contributed by atoms with Crippen molar-refractivity contribution in [1.82, 2.24) is 14.5 Å². The van der Waals surface area contributed by atoms with E-state index in [-0.39, 0.29) is 11.2 Å². The molecule has 0 bridgehead atoms. The van der Waals surface area contributed by atoms with Crippen LogP contribution in [0.4, 0.5) is 5.69 Å². The van der Waals surface area contributed by atoms with E-state index in [0.717, 1.165) is 62.8 Å². The summed E-state index contributed by atoms with van der Waals surface area (Å²) in [6, 6.07) is 6.04. The molecule has 1 aliphatic rings. The first-order valence-corrected chi connectivity index (χ1v) is 10.0. The molecule has 2 heterocycles. The minimum absolute atomic E-state index is 0.307. The maximum atomic E-state index is 11.8. The lowest BCUT2D eigenvalue weighted by Gasteiger charge is -2.36. The lowest BCUT2D eigenvalue weighted by molar-refractivity contribution is 0.251. The van der Waals surface area contributed by atoms with Gasteiger partial charge in [-0.05, 0) is 38.4 Å². The Bertz CT molecular complexity index is 929. The van der Waals surface area contributed by atoms with E-state index in [0.29, 0.717) is 12.1 Å². The third-order valence-corrected chi connectivity index (χ3v) is 5.42. The van der Waals surface area contributed by atoms with E-state index in [9.17, 15) is 9.59 Å². The average molecular weight is 402 g/mol. The maximum absolute atomic E-state index is 11.8. The Kier molecular flexibility index (Phi) is 6.98. The van der Waals surface area contributed by atoms with Gasteiger partial charge in [0.05, 0.1) is 14.2 Å². The van der Waals surface area contributed by atoms with Crippen molar-refractivity contribution in [1.29, 1.82) is 0 Å². The van der Waals surface area contributed by atoms with Crippen LogP contribution in [0.25, 0.3) is 0 Å². The predicted molar refractivity (Wildman–Crippen MR) is 113 cm³/mol. The highest BCUT2D eigenvalue weighted by Crippen LogP contribution is 2.31. The Balaban J connectivity index is 1.44. The molecule has 1 fully saturated rings. The van der Waals surface area contributed by atoms with E-state index in [1.54, 1.807) is 31.9 Å². The van der Waals surface area contributed by atoms with Gasteiger partial charge < -0.3 is 18.9 Å². The van der Waals surface area contributed by atoms with Gasteiger partial charge in [-0.3, -0.25) is 14.7 Å². The van der Waals surface area contributed by atoms with Gasteiger partial charge in [0.1, 0.15) is 0 Å². The molecule has 8 nitrogen and oxygen atoms in total. The third-order valence-electron chi connectivity index (χ3n) is 5.42. The van der Waals surface area contributed by atoms with Crippen LogP contribution in [0.1, 0.15) is 18.4 Å². The fourth-order valence-corrected chi connectivity index (χ4v) is 3.65. The number of methoxy groups -OCH3 is 2. The van der Waals surface area contributed by atoms with Crippen LogP contribution >= 0.6 is 0 Å². The predicted octanol–water partition coefficient (Wildman–Crippen LogP) is 1.46. The summed E-state index contributed by atoms with van der Waals surface area (Å²) in [4.78, 5) is 30.4. The summed E-state index contributed by atoms with van der Waals surface area (Å²) in [6.07, 6.45) is 3.56. The summed E-state index contributed by atoms with van der Waals surface area (Å²) in [5.74, 6) is 1.49. The fourth-order valence-electron chi connectivity index (χ4n) is 3.65. The van der Waals surface area contributed by atoms with Crippen molar-refractivity contribution in [2.24, 2.45) is 0 Å². The summed E-state index contributed by atoms with van der Waals surface area (Å²) in [5.41, 5.74) is 1.08. The number of nitrogens with one attached hydrogen (secondary N) is 1. The zero-order valence-electron chi connectivity index (χ0n) is 17.4. The highest BCUT2D eigenvalue weighted by molar-refractivity contribution is 5.56. The number of nitrogens with zero attached hydrogens (tertiary/aromatic N) is 3. The lowest BCUT2D eigenvalue weighted by atomic mass is 10.2. The van der Waals surface area contributed by atoms with Crippen molar-refractivity contribution in [2.75, 3.05) is 51.8 Å². The van der Waals surface area contributed by atoms with Gasteiger partial charge in [-0.15, -0.1) is 0 Å². The normalized spacial score (nSPS) is 14.8. The molecule has 0 amide bonds. The monoisotopic (exact) mass is 402 g/mol. The molecule has 1 aromatic carbocycles. The molecule has 1 N–H and O–H groups in total. The van der Waals surface area contributed by atoms with E-state index < -0.39 is 0 Å². The summed E-state index contributed by atoms with van der Waals surface area (Å²) < 4.78 is 12.3. The van der Waals surface area contributed by atoms with Crippen LogP contribution in [0.3, 0.4) is 0 Å². The SMILES string of the molecule is COc1ccc(N2CCN(CCCCn3cc(C)c(=O)[nH]c3=O)CC2)cc1OC. The second-order valence-electron chi connectivity index (χ2n) is 7.34. The van der Waals surface area contributed by atoms with Crippen LogP contribution in [-0.2, 0) is 6.54 Å². The number of hydrogen-bond acceptors (Lipinski definition) is 6. The van der Waals surface area contributed by atoms with Gasteiger partial charge >= 0.3 is 5.69 Å². The van der Waals surface area contributed by atoms with Crippen molar-refractivity contribution in [2.45, 2.75) is 26.3 Å². The zero-order chi connectivity index (χ0) is 20.8. The van der Waals surface area contributed by atoms with Crippen molar-refractivity contribution in [3.63, 3.8) is 0 Å². The van der Waals surface area contributed by atoms with Gasteiger partial charge in [0.25, 0.3) is 5.56 Å². The Labute approximate surface area is 170 Å². The number of rotatable bonds is 8. The van der Waals surface area contributed by atoms with Crippen LogP contribution < -0.4 is 25.6 Å². The lowest BCUT2D eigenvalue weighted by Crippen LogP contribution is -2.46. The van der Waals surface area contributed by atoms with E-state index in [1.807, 2.05) is 12.1 Å². The van der Waals surface area contributed by atoms with Gasteiger partial charge in [-0.1, -0.05) is 0 Å². The van der Waals surface area contributed by atoms with Crippen LogP contribution in [-0.4, -0.2) is 61.4 Å². The highest BCUT2D eigenvalue weighted by atomic mass is 16.5. The van der Waals surface area contributed by atoms with Crippen LogP contribution in [0, 0.1) is 6.92 Å². The fraction of sp³-hybridized carbons (Fsp3) is 0.524. The van der Waals surface area contributed by atoms with Crippen molar-refractivity contribution < 1.29 is 9.47 Å². The second-order valence-corrected chi connectivity index (χ2v) is 7.34. The molecule has 0 unspecified atom stereocenters. The highest BCUT2D eigenvalue weighted by Gasteiger charge is 2.18. The summed E-state index contributed by atoms with van der Waals surface area (Å²) >= 11 is 0. The Morgan fingerprint density at radius 1 is 0.966 bits per heavy atom. The number of unbranched alkanes of at least 4 members (excludes halogenated alkanes) is 1. The molecular weight excluding hydrogens is 372 g/mol. The second kappa shape index (κ2) is 9.65. The Hall–Kier alpha value is -2.74. The molecule has 0 saturated carbocycles. The molecule has 29 heavy (non-hydrogen) atoms. The van der Waals surface area contributed by atoms with Crippen LogP contribution in [0.5, 0.6) is 11.5 Å². The first-order chi connectivity index (χ1) is 14.0. The number of benzene rings is 1. The molecule has 1 aliphatic heterocycles. The quantitative estimate of drug-likeness (QED) is 0.674. The number of ether oxygens (including phenoxy) is 2. The molecule has 158 valence electrons. The van der Waals surface area contributed by atoms with E-state index in [1.165, 1.54) is 0 Å². The van der Waals surface area contributed by atoms with Crippen molar-refractivity contribution >= 4 is 5.69 Å². The van der Waals surface area contributed by atoms with Gasteiger partial charge in [0.2, 0.25) is 0 Å². The number of aromatic amines is 1. The van der Waals surface area contributed by atoms with Crippen LogP contribution in [0.2, 0.25) is 0 Å². The molecule has 1 saturated heterocycles. The first kappa shape index (κ1) is 21.0. The van der Waals surface area contributed by atoms with E-state index in [2.05, 4.69) is 20.9 Å². The number of piperazine rings is 1. The minimum Gasteiger partial charge on any atom is -0.493 e. The zero-order valence-corrected chi connectivity index (χ0v) is 17.4. The molecule has 0 radical (unpaired) electrons. The molecular formula is C21H30N4O4. The number of aryl methyl sites for hydroxylation is 2. The maximum Gasteiger partial charge on any atom is 0.328 e. The topological polar surface area (TPSA) is 79.8 Å². The van der Waals surface area contributed by atoms with Crippen molar-refractivity contribution in [3.05, 3.63) is 50.8 Å². The summed E-state index contributed by atoms with van der Waals surface area (Å²) in [7, 11) is 3.30. The number of hydrogen-bond donors (Lipinski definition) is 1. The number of anilines is 1. The molecule has 0 aliphatic carbocycles. The third kappa shape index (κ3) is 5.20. The molecule has 2 aromatic rings. The largest absolute Gasteiger partial charge is 0.493 e. The van der Waals surface area contributed by atoms with Gasteiger partial charge in [-0.2, -0.15) is 0 Å². The van der Waals surface area contributed by atoms with Crippen LogP contribution in [0.15, 0.2) is 34.0 Å². The molecule has 0 spiro atoms. The number of aromatic nitrogens is 2. The van der Waals surface area contributed by atoms with Crippen molar-refractivity contribution in [3.8, 4) is 11.5 Å². The van der Waals surface area contributed by atoms with Gasteiger partial charge in [0.15, 0.2) is 11.5 Å². The smallest absolute Gasteiger partial charge is 0.328 e. The van der Waals surface area contributed by atoms with E-state index in [4.69, 9.17) is 9.47 Å². The Morgan fingerprint density at radius 3 is 2.34 bits per heavy atom. The molecule has 8 heteroatoms. The number of H-pyrrole nitrogens is 1. The standard InChI is InChI=1S/C21H30N4O4/c1-16-15-25(21(27)22-20(16)26)9-5-4-8-23-10-12-24(13-11-23)17-6-7-18(28-2)19(14-17)29-3/h6-7,14-15H,4-5,8-13H2,1-3H3,(H,22,26,27). The summed E-state index contributed by atoms with van der Waals surface area (Å²) in [6.45, 7) is 7.30.